The molecule has 2 aromatic rings. The highest BCUT2D eigenvalue weighted by Crippen LogP contribution is 2.27. The van der Waals surface area contributed by atoms with Gasteiger partial charge in [0.1, 0.15) is 0 Å². The molecule has 0 fully saturated rings. The molecule has 1 aromatic carbocycles. The first kappa shape index (κ1) is 10.5. The van der Waals surface area contributed by atoms with E-state index in [0.29, 0.717) is 10.3 Å². The molecular weight excluding hydrogens is 228 g/mol. The van der Waals surface area contributed by atoms with Gasteiger partial charge in [-0.05, 0) is 6.07 Å². The Kier molecular flexibility index (Phi) is 2.16. The van der Waals surface area contributed by atoms with Gasteiger partial charge in [0.25, 0.3) is 0 Å². The Bertz CT molecular complexity index is 735. The summed E-state index contributed by atoms with van der Waals surface area (Å²) in [6.07, 6.45) is 6.21. The molecule has 1 aliphatic heterocycles. The molecule has 1 aromatic heterocycles. The second-order valence-corrected chi connectivity index (χ2v) is 4.04. The van der Waals surface area contributed by atoms with E-state index in [9.17, 15) is 10.0 Å². The summed E-state index contributed by atoms with van der Waals surface area (Å²) in [6, 6.07) is 7.78. The van der Waals surface area contributed by atoms with Crippen LogP contribution in [0.3, 0.4) is 0 Å². The fourth-order valence-electron chi connectivity index (χ4n) is 2.16. The number of para-hydroxylation sites is 1. The van der Waals surface area contributed by atoms with Crippen LogP contribution in [0.15, 0.2) is 43.1 Å². The number of allylic oxidation sites excluding steroid dienone is 1. The third kappa shape index (κ3) is 1.39. The van der Waals surface area contributed by atoms with Crippen LogP contribution in [0.4, 0.5) is 0 Å². The van der Waals surface area contributed by atoms with Crippen LogP contribution in [0.2, 0.25) is 0 Å². The molecule has 1 amide bonds. The van der Waals surface area contributed by atoms with Crippen LogP contribution in [0.1, 0.15) is 5.56 Å². The van der Waals surface area contributed by atoms with Crippen molar-refractivity contribution in [3.05, 3.63) is 53.9 Å². The lowest BCUT2D eigenvalue weighted by atomic mass is 10.1. The van der Waals surface area contributed by atoms with Crippen LogP contribution >= 0.6 is 0 Å². The molecule has 0 spiro atoms. The Labute approximate surface area is 103 Å². The van der Waals surface area contributed by atoms with Gasteiger partial charge in [-0.15, -0.1) is 4.74 Å². The van der Waals surface area contributed by atoms with Crippen LogP contribution < -0.4 is 0 Å². The topological polar surface area (TPSA) is 48.1 Å². The van der Waals surface area contributed by atoms with Crippen molar-refractivity contribution in [1.29, 1.82) is 0 Å². The van der Waals surface area contributed by atoms with E-state index in [2.05, 4.69) is 6.58 Å². The molecule has 0 atom stereocenters. The van der Waals surface area contributed by atoms with E-state index in [0.717, 1.165) is 16.5 Å². The van der Waals surface area contributed by atoms with Crippen molar-refractivity contribution in [2.45, 2.75) is 0 Å². The maximum atomic E-state index is 11.2. The van der Waals surface area contributed by atoms with E-state index >= 15 is 0 Å². The molecule has 18 heavy (non-hydrogen) atoms. The minimum absolute atomic E-state index is 0.343. The number of carbonyl (C=O) groups excluding carboxylic acids is 1. The van der Waals surface area contributed by atoms with Gasteiger partial charge in [0.05, 0.1) is 17.2 Å². The van der Waals surface area contributed by atoms with Crippen molar-refractivity contribution in [1.82, 2.24) is 4.57 Å². The molecule has 3 rings (SSSR count). The van der Waals surface area contributed by atoms with Gasteiger partial charge in [0.2, 0.25) is 0 Å². The lowest BCUT2D eigenvalue weighted by Gasteiger charge is -1.94. The summed E-state index contributed by atoms with van der Waals surface area (Å²) in [5, 5.41) is 12.2. The number of aromatic nitrogens is 1. The summed E-state index contributed by atoms with van der Waals surface area (Å²) in [6.45, 7) is 3.75. The third-order valence-corrected chi connectivity index (χ3v) is 3.00. The minimum Gasteiger partial charge on any atom is -0.616 e. The van der Waals surface area contributed by atoms with Crippen LogP contribution in [0.25, 0.3) is 22.7 Å². The van der Waals surface area contributed by atoms with Crippen LogP contribution in [-0.4, -0.2) is 21.4 Å². The van der Waals surface area contributed by atoms with Gasteiger partial charge >= 0.3 is 5.91 Å². The molecular formula is C14H10N2O2. The number of nitrogens with zero attached hydrogens (tertiary/aromatic N) is 2. The van der Waals surface area contributed by atoms with E-state index in [1.54, 1.807) is 6.20 Å². The Morgan fingerprint density at radius 1 is 1.33 bits per heavy atom. The largest absolute Gasteiger partial charge is 0.616 e. The van der Waals surface area contributed by atoms with E-state index in [-0.39, 0.29) is 0 Å². The van der Waals surface area contributed by atoms with Gasteiger partial charge in [-0.25, -0.2) is 4.79 Å². The minimum atomic E-state index is -0.541. The Balaban J connectivity index is 2.28. The predicted molar refractivity (Wildman–Crippen MR) is 71.0 cm³/mol. The summed E-state index contributed by atoms with van der Waals surface area (Å²) < 4.78 is 2.21. The lowest BCUT2D eigenvalue weighted by molar-refractivity contribution is -0.367. The fourth-order valence-corrected chi connectivity index (χ4v) is 2.16. The smallest absolute Gasteiger partial charge is 0.424 e. The summed E-state index contributed by atoms with van der Waals surface area (Å²) in [5.74, 6) is -0.541. The molecule has 0 aliphatic carbocycles. The molecule has 4 heteroatoms. The van der Waals surface area contributed by atoms with Gasteiger partial charge in [-0.3, -0.25) is 0 Å². The average molecular weight is 238 g/mol. The molecule has 2 heterocycles. The second kappa shape index (κ2) is 3.70. The van der Waals surface area contributed by atoms with Gasteiger partial charge < -0.3 is 9.77 Å². The highest BCUT2D eigenvalue weighted by molar-refractivity contribution is 6.21. The van der Waals surface area contributed by atoms with Crippen LogP contribution in [-0.2, 0) is 4.79 Å². The fraction of sp³-hybridized carbons (Fsp3) is 0. The lowest BCUT2D eigenvalue weighted by Crippen LogP contribution is -2.05. The van der Waals surface area contributed by atoms with E-state index in [1.807, 2.05) is 35.0 Å². The number of benzene rings is 1. The van der Waals surface area contributed by atoms with E-state index < -0.39 is 5.91 Å². The molecule has 4 nitrogen and oxygen atoms in total. The number of fused-ring (bicyclic) bond motifs is 1. The molecule has 1 aliphatic rings. The molecule has 0 radical (unpaired) electrons. The first-order valence-electron chi connectivity index (χ1n) is 5.50. The number of rotatable bonds is 2. The van der Waals surface area contributed by atoms with E-state index in [4.69, 9.17) is 0 Å². The standard InChI is InChI=1S/C14H10N2O2/c1-2-15-9-12(10-7-14(17)16(18)8-10)11-5-3-4-6-13(11)15/h2-9H,1H2. The Hall–Kier alpha value is -2.62. The summed E-state index contributed by atoms with van der Waals surface area (Å²) >= 11 is 0. The zero-order valence-electron chi connectivity index (χ0n) is 9.54. The Morgan fingerprint density at radius 3 is 2.78 bits per heavy atom. The van der Waals surface area contributed by atoms with Crippen LogP contribution in [0, 0.1) is 5.21 Å². The Morgan fingerprint density at radius 2 is 2.11 bits per heavy atom. The van der Waals surface area contributed by atoms with Crippen molar-refractivity contribution < 1.29 is 9.53 Å². The summed E-state index contributed by atoms with van der Waals surface area (Å²) in [4.78, 5) is 11.2. The number of hydrogen-bond donors (Lipinski definition) is 0. The first-order chi connectivity index (χ1) is 8.70. The van der Waals surface area contributed by atoms with Gasteiger partial charge in [-0.2, -0.15) is 0 Å². The predicted octanol–water partition coefficient (Wildman–Crippen LogP) is 2.25. The second-order valence-electron chi connectivity index (χ2n) is 4.04. The van der Waals surface area contributed by atoms with Crippen molar-refractivity contribution in [3.8, 4) is 0 Å². The highest BCUT2D eigenvalue weighted by Gasteiger charge is 2.22. The monoisotopic (exact) mass is 238 g/mol. The maximum absolute atomic E-state index is 11.2. The number of amides is 1. The van der Waals surface area contributed by atoms with Gasteiger partial charge in [0, 0.05) is 23.3 Å². The quantitative estimate of drug-likeness (QED) is 0.595. The molecule has 0 N–H and O–H groups in total. The van der Waals surface area contributed by atoms with Crippen LogP contribution in [0.5, 0.6) is 0 Å². The summed E-state index contributed by atoms with van der Waals surface area (Å²) in [5.41, 5.74) is 2.48. The summed E-state index contributed by atoms with van der Waals surface area (Å²) in [7, 11) is 0. The number of carbonyl (C=O) groups is 1. The number of hydrogen-bond acceptors (Lipinski definition) is 2. The molecule has 88 valence electrons. The first-order valence-corrected chi connectivity index (χ1v) is 5.50. The third-order valence-electron chi connectivity index (χ3n) is 3.00. The SMILES string of the molecule is C=Cn1cc(C2=CC(=O)[N+]([O-])=C2)c2ccccc21. The zero-order valence-corrected chi connectivity index (χ0v) is 9.54. The average Bonchev–Trinajstić information content (AvgIpc) is 2.91. The molecule has 0 saturated heterocycles. The van der Waals surface area contributed by atoms with Crippen molar-refractivity contribution >= 4 is 34.8 Å². The molecule has 0 unspecified atom stereocenters. The molecule has 0 bridgehead atoms. The normalized spacial score (nSPS) is 14.8. The van der Waals surface area contributed by atoms with E-state index in [1.165, 1.54) is 12.3 Å². The highest BCUT2D eigenvalue weighted by atomic mass is 16.5. The van der Waals surface area contributed by atoms with Gasteiger partial charge in [-0.1, -0.05) is 24.8 Å². The van der Waals surface area contributed by atoms with Crippen molar-refractivity contribution in [2.24, 2.45) is 0 Å². The number of hydroxylamine groups is 1. The van der Waals surface area contributed by atoms with Gasteiger partial charge in [0.15, 0.2) is 6.21 Å². The van der Waals surface area contributed by atoms with Crippen molar-refractivity contribution in [3.63, 3.8) is 0 Å². The maximum Gasteiger partial charge on any atom is 0.424 e. The van der Waals surface area contributed by atoms with Crippen molar-refractivity contribution in [2.75, 3.05) is 0 Å². The molecule has 0 saturated carbocycles. The zero-order chi connectivity index (χ0) is 12.7.